The largest absolute Gasteiger partial charge is 0.509 e. The number of carbonyl (C=O) groups excluding carboxylic acids is 1. The normalized spacial score (nSPS) is 26.3. The second-order valence-electron chi connectivity index (χ2n) is 9.85. The van der Waals surface area contributed by atoms with Gasteiger partial charge in [0, 0.05) is 35.4 Å². The molecule has 3 saturated heterocycles. The monoisotopic (exact) mass is 440 g/mol. The quantitative estimate of drug-likeness (QED) is 0.354. The zero-order chi connectivity index (χ0) is 22.4. The van der Waals surface area contributed by atoms with Gasteiger partial charge in [-0.2, -0.15) is 0 Å². The third-order valence-corrected chi connectivity index (χ3v) is 8.30. The Morgan fingerprint density at radius 2 is 1.39 bits per heavy atom. The highest BCUT2D eigenvalue weighted by Crippen LogP contribution is 2.46. The minimum absolute atomic E-state index is 0.0851. The lowest BCUT2D eigenvalue weighted by Crippen LogP contribution is -2.65. The zero-order valence-corrected chi connectivity index (χ0v) is 19.0. The summed E-state index contributed by atoms with van der Waals surface area (Å²) in [5.41, 5.74) is 5.69. The van der Waals surface area contributed by atoms with E-state index in [1.807, 2.05) is 36.4 Å². The SMILES string of the molecule is CC(c1ccccc1)[N+]12CCC(CC1)[C@@H](OC(=O)OC1c3ccccc3-c3ccccc31)C2. The first-order chi connectivity index (χ1) is 16.1. The smallest absolute Gasteiger partial charge is 0.425 e. The van der Waals surface area contributed by atoms with Crippen LogP contribution in [-0.2, 0) is 9.47 Å². The number of hydrogen-bond donors (Lipinski definition) is 0. The first-order valence-corrected chi connectivity index (χ1v) is 12.1. The zero-order valence-electron chi connectivity index (χ0n) is 19.0. The van der Waals surface area contributed by atoms with Gasteiger partial charge in [-0.05, 0) is 18.1 Å². The molecular weight excluding hydrogens is 410 g/mol. The van der Waals surface area contributed by atoms with Crippen molar-refractivity contribution in [3.8, 4) is 11.1 Å². The standard InChI is InChI=1S/C29H30NO3/c1-20(21-9-3-2-4-10-21)30-17-15-22(16-18-30)27(19-30)32-29(31)33-28-25-13-7-5-11-23(25)24-12-6-8-14-26(24)28/h2-14,20,22,27-28H,15-19H2,1H3/q+1/t20?,22?,27-,30?/m0/s1. The van der Waals surface area contributed by atoms with E-state index in [9.17, 15) is 4.79 Å². The van der Waals surface area contributed by atoms with Crippen LogP contribution in [0.15, 0.2) is 78.9 Å². The fourth-order valence-corrected chi connectivity index (χ4v) is 6.37. The van der Waals surface area contributed by atoms with Crippen LogP contribution in [-0.4, -0.2) is 36.4 Å². The molecule has 33 heavy (non-hydrogen) atoms. The lowest BCUT2D eigenvalue weighted by Gasteiger charge is -2.54. The molecule has 1 unspecified atom stereocenters. The highest BCUT2D eigenvalue weighted by Gasteiger charge is 2.50. The Hall–Kier alpha value is -3.11. The molecule has 3 heterocycles. The Labute approximate surface area is 195 Å². The van der Waals surface area contributed by atoms with Gasteiger partial charge in [0.25, 0.3) is 0 Å². The molecule has 4 heteroatoms. The Morgan fingerprint density at radius 1 is 0.818 bits per heavy atom. The van der Waals surface area contributed by atoms with E-state index in [1.165, 1.54) is 5.56 Å². The molecule has 3 aromatic carbocycles. The molecule has 0 aromatic heterocycles. The van der Waals surface area contributed by atoms with Gasteiger partial charge in [0.1, 0.15) is 12.6 Å². The summed E-state index contributed by atoms with van der Waals surface area (Å²) < 4.78 is 13.0. The molecule has 1 aliphatic carbocycles. The molecule has 0 spiro atoms. The van der Waals surface area contributed by atoms with Gasteiger partial charge in [0.05, 0.1) is 13.1 Å². The molecule has 4 aliphatic rings. The topological polar surface area (TPSA) is 35.5 Å². The highest BCUT2D eigenvalue weighted by molar-refractivity contribution is 5.79. The van der Waals surface area contributed by atoms with Crippen molar-refractivity contribution in [3.05, 3.63) is 95.6 Å². The van der Waals surface area contributed by atoms with Crippen molar-refractivity contribution in [2.45, 2.75) is 38.0 Å². The van der Waals surface area contributed by atoms with Crippen molar-refractivity contribution in [1.82, 2.24) is 0 Å². The summed E-state index contributed by atoms with van der Waals surface area (Å²) >= 11 is 0. The summed E-state index contributed by atoms with van der Waals surface area (Å²) in [5, 5.41) is 0. The molecule has 0 N–H and O–H groups in total. The number of carbonyl (C=O) groups is 1. The Bertz CT molecular complexity index is 1120. The molecule has 3 aliphatic heterocycles. The molecule has 3 fully saturated rings. The van der Waals surface area contributed by atoms with E-state index in [2.05, 4.69) is 49.4 Å². The van der Waals surface area contributed by atoms with E-state index in [1.54, 1.807) is 0 Å². The van der Waals surface area contributed by atoms with Crippen LogP contribution < -0.4 is 0 Å². The number of hydrogen-bond acceptors (Lipinski definition) is 3. The molecule has 7 rings (SSSR count). The third kappa shape index (κ3) is 3.44. The van der Waals surface area contributed by atoms with E-state index in [0.717, 1.165) is 59.2 Å². The van der Waals surface area contributed by atoms with E-state index in [4.69, 9.17) is 9.47 Å². The Balaban J connectivity index is 1.19. The molecule has 3 aromatic rings. The van der Waals surface area contributed by atoms with Crippen LogP contribution in [0.1, 0.15) is 48.6 Å². The Morgan fingerprint density at radius 3 is 2.03 bits per heavy atom. The predicted octanol–water partition coefficient (Wildman–Crippen LogP) is 6.28. The van der Waals surface area contributed by atoms with E-state index < -0.39 is 12.3 Å². The molecule has 0 saturated carbocycles. The average Bonchev–Trinajstić information content (AvgIpc) is 3.18. The lowest BCUT2D eigenvalue weighted by atomic mass is 9.81. The molecular formula is C29H30NO3+. The number of quaternary nitrogens is 1. The summed E-state index contributed by atoms with van der Waals surface area (Å²) in [6.07, 6.45) is 1.17. The van der Waals surface area contributed by atoms with Gasteiger partial charge >= 0.3 is 6.16 Å². The molecule has 2 bridgehead atoms. The molecule has 4 nitrogen and oxygen atoms in total. The van der Waals surface area contributed by atoms with Crippen molar-refractivity contribution in [2.24, 2.45) is 5.92 Å². The number of ether oxygens (including phenoxy) is 2. The molecule has 0 radical (unpaired) electrons. The first-order valence-electron chi connectivity index (χ1n) is 12.1. The van der Waals surface area contributed by atoms with E-state index >= 15 is 0 Å². The van der Waals surface area contributed by atoms with Gasteiger partial charge in [-0.1, -0.05) is 78.9 Å². The maximum absolute atomic E-state index is 13.1. The number of nitrogens with zero attached hydrogens (tertiary/aromatic N) is 1. The molecule has 0 amide bonds. The summed E-state index contributed by atoms with van der Waals surface area (Å²) in [6.45, 7) is 5.49. The van der Waals surface area contributed by atoms with Crippen LogP contribution in [0.5, 0.6) is 0 Å². The summed E-state index contributed by atoms with van der Waals surface area (Å²) in [4.78, 5) is 13.1. The number of fused-ring (bicyclic) bond motifs is 6. The maximum atomic E-state index is 13.1. The van der Waals surface area contributed by atoms with Gasteiger partial charge in [-0.25, -0.2) is 4.79 Å². The van der Waals surface area contributed by atoms with Gasteiger partial charge in [-0.3, -0.25) is 0 Å². The van der Waals surface area contributed by atoms with Crippen LogP contribution in [0.4, 0.5) is 4.79 Å². The maximum Gasteiger partial charge on any atom is 0.509 e. The second kappa shape index (κ2) is 8.03. The van der Waals surface area contributed by atoms with Gasteiger partial charge in [0.15, 0.2) is 12.2 Å². The van der Waals surface area contributed by atoms with Gasteiger partial charge in [0.2, 0.25) is 0 Å². The number of benzene rings is 3. The van der Waals surface area contributed by atoms with Crippen LogP contribution in [0.25, 0.3) is 11.1 Å². The van der Waals surface area contributed by atoms with Crippen molar-refractivity contribution in [3.63, 3.8) is 0 Å². The van der Waals surface area contributed by atoms with Crippen molar-refractivity contribution < 1.29 is 18.8 Å². The average molecular weight is 441 g/mol. The lowest BCUT2D eigenvalue weighted by molar-refractivity contribution is -0.972. The van der Waals surface area contributed by atoms with Crippen molar-refractivity contribution in [2.75, 3.05) is 19.6 Å². The predicted molar refractivity (Wildman–Crippen MR) is 128 cm³/mol. The summed E-state index contributed by atoms with van der Waals surface area (Å²) in [7, 11) is 0. The fraction of sp³-hybridized carbons (Fsp3) is 0.345. The van der Waals surface area contributed by atoms with Crippen molar-refractivity contribution >= 4 is 6.16 Å². The van der Waals surface area contributed by atoms with Crippen LogP contribution in [0, 0.1) is 5.92 Å². The van der Waals surface area contributed by atoms with Crippen LogP contribution >= 0.6 is 0 Å². The number of rotatable bonds is 4. The van der Waals surface area contributed by atoms with Gasteiger partial charge in [-0.15, -0.1) is 0 Å². The Kier molecular flexibility index (Phi) is 4.99. The highest BCUT2D eigenvalue weighted by atomic mass is 16.7. The number of piperidine rings is 3. The second-order valence-corrected chi connectivity index (χ2v) is 9.85. The molecule has 168 valence electrons. The van der Waals surface area contributed by atoms with Crippen LogP contribution in [0.3, 0.4) is 0 Å². The van der Waals surface area contributed by atoms with E-state index in [-0.39, 0.29) is 6.10 Å². The minimum Gasteiger partial charge on any atom is -0.425 e. The summed E-state index contributed by atoms with van der Waals surface area (Å²) in [6, 6.07) is 27.5. The minimum atomic E-state index is -0.546. The van der Waals surface area contributed by atoms with E-state index in [0.29, 0.717) is 12.0 Å². The van der Waals surface area contributed by atoms with Crippen LogP contribution in [0.2, 0.25) is 0 Å². The summed E-state index contributed by atoms with van der Waals surface area (Å²) in [5.74, 6) is 0.434. The van der Waals surface area contributed by atoms with Gasteiger partial charge < -0.3 is 14.0 Å². The van der Waals surface area contributed by atoms with Crippen molar-refractivity contribution in [1.29, 1.82) is 0 Å². The first kappa shape index (κ1) is 20.5. The molecule has 2 atom stereocenters. The fourth-order valence-electron chi connectivity index (χ4n) is 6.37. The third-order valence-electron chi connectivity index (χ3n) is 8.30.